The molecule has 1 aromatic carbocycles. The van der Waals surface area contributed by atoms with E-state index in [2.05, 4.69) is 0 Å². The molecule has 16 heavy (non-hydrogen) atoms. The van der Waals surface area contributed by atoms with Crippen molar-refractivity contribution in [2.75, 3.05) is 0 Å². The maximum absolute atomic E-state index is 11.0. The topological polar surface area (TPSA) is 129 Å². The number of hydrogen-bond donors (Lipinski definition) is 3. The van der Waals surface area contributed by atoms with Crippen LogP contribution in [-0.2, 0) is 10.1 Å². The predicted octanol–water partition coefficient (Wildman–Crippen LogP) is 0.330. The van der Waals surface area contributed by atoms with Crippen LogP contribution in [-0.4, -0.2) is 35.1 Å². The number of carboxylic acids is 2. The Balaban J connectivity index is 3.88. The van der Waals surface area contributed by atoms with Gasteiger partial charge in [-0.3, -0.25) is 4.55 Å². The van der Waals surface area contributed by atoms with E-state index in [9.17, 15) is 18.0 Å². The van der Waals surface area contributed by atoms with E-state index < -0.39 is 44.1 Å². The Bertz CT molecular complexity index is 605. The highest BCUT2D eigenvalue weighted by Crippen LogP contribution is 2.20. The van der Waals surface area contributed by atoms with Crippen LogP contribution in [0.2, 0.25) is 0 Å². The van der Waals surface area contributed by atoms with Gasteiger partial charge in [0.25, 0.3) is 10.1 Å². The number of aromatic carboxylic acids is 2. The molecule has 1 aromatic rings. The highest BCUT2D eigenvalue weighted by Gasteiger charge is 2.26. The highest BCUT2D eigenvalue weighted by molar-refractivity contribution is 7.86. The standard InChI is InChI=1S/C8H6O7S/c9-7(10)4-2-1-3-5(8(11)12)6(4)16(13,14)15/h1-3H,(H,9,10)(H,11,12)(H,13,14,15)/i2D. The van der Waals surface area contributed by atoms with Gasteiger partial charge in [0.05, 0.1) is 12.5 Å². The van der Waals surface area contributed by atoms with Crippen molar-refractivity contribution in [1.82, 2.24) is 0 Å². The molecule has 0 aromatic heterocycles. The van der Waals surface area contributed by atoms with Gasteiger partial charge in [-0.1, -0.05) is 6.07 Å². The SMILES string of the molecule is [2H]c1ccc(C(=O)O)c(S(=O)(=O)O)c1C(=O)O. The zero-order valence-corrected chi connectivity index (χ0v) is 8.35. The quantitative estimate of drug-likeness (QED) is 0.656. The minimum Gasteiger partial charge on any atom is -0.478 e. The van der Waals surface area contributed by atoms with E-state index in [0.29, 0.717) is 0 Å². The molecule has 3 N–H and O–H groups in total. The minimum absolute atomic E-state index is 0.713. The van der Waals surface area contributed by atoms with Crippen molar-refractivity contribution in [1.29, 1.82) is 0 Å². The summed E-state index contributed by atoms with van der Waals surface area (Å²) in [5.74, 6) is -3.54. The zero-order valence-electron chi connectivity index (χ0n) is 8.54. The van der Waals surface area contributed by atoms with Crippen LogP contribution in [0.15, 0.2) is 23.1 Å². The average Bonchev–Trinajstić information content (AvgIpc) is 2.14. The molecule has 86 valence electrons. The Labute approximate surface area is 91.1 Å². The van der Waals surface area contributed by atoms with Gasteiger partial charge in [-0.15, -0.1) is 0 Å². The van der Waals surface area contributed by atoms with Crippen LogP contribution in [0.5, 0.6) is 0 Å². The van der Waals surface area contributed by atoms with E-state index in [1.165, 1.54) is 0 Å². The molecule has 0 aliphatic carbocycles. The third kappa shape index (κ3) is 2.18. The molecule has 0 radical (unpaired) electrons. The first-order valence-electron chi connectivity index (χ1n) is 4.24. The Morgan fingerprint density at radius 1 is 1.19 bits per heavy atom. The molecule has 0 aliphatic heterocycles. The van der Waals surface area contributed by atoms with E-state index in [0.717, 1.165) is 12.1 Å². The molecule has 0 saturated heterocycles. The molecule has 0 saturated carbocycles. The van der Waals surface area contributed by atoms with Crippen LogP contribution in [0.25, 0.3) is 0 Å². The van der Waals surface area contributed by atoms with Crippen molar-refractivity contribution < 1.29 is 34.1 Å². The van der Waals surface area contributed by atoms with Gasteiger partial charge in [-0.2, -0.15) is 8.42 Å². The lowest BCUT2D eigenvalue weighted by atomic mass is 10.1. The third-order valence-corrected chi connectivity index (χ3v) is 2.59. The summed E-state index contributed by atoms with van der Waals surface area (Å²) in [7, 11) is -5.06. The average molecular weight is 247 g/mol. The third-order valence-electron chi connectivity index (χ3n) is 1.65. The van der Waals surface area contributed by atoms with Gasteiger partial charge in [-0.25, -0.2) is 9.59 Å². The molecule has 0 spiro atoms. The van der Waals surface area contributed by atoms with E-state index >= 15 is 0 Å². The molecule has 1 rings (SSSR count). The number of carbonyl (C=O) groups is 2. The number of rotatable bonds is 3. The molecule has 0 fully saturated rings. The molecule has 0 unspecified atom stereocenters. The molecule has 0 bridgehead atoms. The fourth-order valence-electron chi connectivity index (χ4n) is 1.08. The molecule has 7 nitrogen and oxygen atoms in total. The second-order valence-corrected chi connectivity index (χ2v) is 4.04. The first kappa shape index (κ1) is 10.6. The van der Waals surface area contributed by atoms with Gasteiger partial charge in [0.1, 0.15) is 4.90 Å². The summed E-state index contributed by atoms with van der Waals surface area (Å²) in [5, 5.41) is 17.4. The Kier molecular flexibility index (Phi) is 2.59. The predicted molar refractivity (Wildman–Crippen MR) is 50.2 cm³/mol. The van der Waals surface area contributed by atoms with Crippen molar-refractivity contribution >= 4 is 22.1 Å². The molecule has 8 heteroatoms. The Hall–Kier alpha value is -1.93. The summed E-state index contributed by atoms with van der Waals surface area (Å²) in [5.41, 5.74) is -1.98. The lowest BCUT2D eigenvalue weighted by molar-refractivity contribution is 0.0688. The van der Waals surface area contributed by atoms with Crippen molar-refractivity contribution in [2.24, 2.45) is 0 Å². The van der Waals surface area contributed by atoms with Gasteiger partial charge in [0.15, 0.2) is 0 Å². The minimum atomic E-state index is -5.06. The first-order valence-corrected chi connectivity index (χ1v) is 5.18. The molecule has 0 aliphatic rings. The molecular formula is C8H6O7S. The number of hydrogen-bond acceptors (Lipinski definition) is 4. The van der Waals surface area contributed by atoms with Crippen LogP contribution in [0, 0.1) is 0 Å². The van der Waals surface area contributed by atoms with Gasteiger partial charge in [-0.05, 0) is 12.1 Å². The molecular weight excluding hydrogens is 240 g/mol. The van der Waals surface area contributed by atoms with E-state index in [1.807, 2.05) is 0 Å². The van der Waals surface area contributed by atoms with E-state index in [4.69, 9.17) is 16.1 Å². The smallest absolute Gasteiger partial charge is 0.337 e. The van der Waals surface area contributed by atoms with Crippen molar-refractivity contribution in [2.45, 2.75) is 4.90 Å². The second-order valence-electron chi connectivity index (χ2n) is 2.68. The molecule has 0 amide bonds. The van der Waals surface area contributed by atoms with Crippen molar-refractivity contribution in [3.05, 3.63) is 29.3 Å². The van der Waals surface area contributed by atoms with Gasteiger partial charge in [0, 0.05) is 0 Å². The zero-order chi connectivity index (χ0) is 13.4. The second kappa shape index (κ2) is 3.91. The van der Waals surface area contributed by atoms with Gasteiger partial charge in [0.2, 0.25) is 0 Å². The molecule has 0 heterocycles. The van der Waals surface area contributed by atoms with Crippen LogP contribution < -0.4 is 0 Å². The fourth-order valence-corrected chi connectivity index (χ4v) is 1.92. The number of carboxylic acid groups (broad SMARTS) is 2. The maximum atomic E-state index is 11.0. The summed E-state index contributed by atoms with van der Waals surface area (Å²) in [6.45, 7) is 0. The van der Waals surface area contributed by atoms with Crippen LogP contribution in [0.1, 0.15) is 22.1 Å². The Morgan fingerprint density at radius 2 is 1.69 bits per heavy atom. The lowest BCUT2D eigenvalue weighted by Gasteiger charge is -2.05. The summed E-state index contributed by atoms with van der Waals surface area (Å²) in [4.78, 5) is 20.2. The summed E-state index contributed by atoms with van der Waals surface area (Å²) >= 11 is 0. The van der Waals surface area contributed by atoms with Crippen LogP contribution in [0.4, 0.5) is 0 Å². The van der Waals surface area contributed by atoms with Crippen molar-refractivity contribution in [3.63, 3.8) is 0 Å². The monoisotopic (exact) mass is 247 g/mol. The summed E-state index contributed by atoms with van der Waals surface area (Å²) < 4.78 is 38.0. The van der Waals surface area contributed by atoms with Crippen LogP contribution in [0.3, 0.4) is 0 Å². The van der Waals surface area contributed by atoms with E-state index in [-0.39, 0.29) is 0 Å². The molecule has 0 atom stereocenters. The summed E-state index contributed by atoms with van der Waals surface area (Å²) in [6.07, 6.45) is 0. The summed E-state index contributed by atoms with van der Waals surface area (Å²) in [6, 6.07) is 0.844. The van der Waals surface area contributed by atoms with E-state index in [1.54, 1.807) is 0 Å². The normalized spacial score (nSPS) is 11.9. The fraction of sp³-hybridized carbons (Fsp3) is 0. The van der Waals surface area contributed by atoms with Gasteiger partial charge >= 0.3 is 11.9 Å². The maximum Gasteiger partial charge on any atom is 0.337 e. The number of benzene rings is 1. The lowest BCUT2D eigenvalue weighted by Crippen LogP contribution is -2.14. The largest absolute Gasteiger partial charge is 0.478 e. The van der Waals surface area contributed by atoms with Gasteiger partial charge < -0.3 is 10.2 Å². The first-order chi connectivity index (χ1) is 7.66. The Morgan fingerprint density at radius 3 is 2.06 bits per heavy atom. The van der Waals surface area contributed by atoms with Crippen LogP contribution >= 0.6 is 0 Å². The highest BCUT2D eigenvalue weighted by atomic mass is 32.2. The van der Waals surface area contributed by atoms with Crippen molar-refractivity contribution in [3.8, 4) is 0 Å².